The highest BCUT2D eigenvalue weighted by Gasteiger charge is 2.23. The fourth-order valence-electron chi connectivity index (χ4n) is 2.05. The second-order valence-corrected chi connectivity index (χ2v) is 8.82. The van der Waals surface area contributed by atoms with Gasteiger partial charge in [0.2, 0.25) is 0 Å². The molecule has 4 nitrogen and oxygen atoms in total. The molecule has 2 aromatic heterocycles. The van der Waals surface area contributed by atoms with Crippen LogP contribution in [0.4, 0.5) is 0 Å². The molecule has 2 aromatic rings. The molecule has 0 bridgehead atoms. The number of thiophene rings is 2. The monoisotopic (exact) mass is 344 g/mol. The molecule has 0 saturated carbocycles. The van der Waals surface area contributed by atoms with Crippen molar-refractivity contribution in [1.82, 2.24) is 10.0 Å². The number of nitrogens with one attached hydrogen (secondary N) is 2. The molecule has 0 aliphatic carbocycles. The molecule has 2 rings (SSSR count). The Morgan fingerprint density at radius 3 is 2.71 bits per heavy atom. The Labute approximate surface area is 134 Å². The summed E-state index contributed by atoms with van der Waals surface area (Å²) < 4.78 is 28.2. The molecule has 0 fully saturated rings. The van der Waals surface area contributed by atoms with Crippen LogP contribution >= 0.6 is 22.7 Å². The minimum Gasteiger partial charge on any atom is -0.315 e. The van der Waals surface area contributed by atoms with Crippen molar-refractivity contribution in [1.29, 1.82) is 0 Å². The van der Waals surface area contributed by atoms with Crippen molar-refractivity contribution in [3.8, 4) is 0 Å². The van der Waals surface area contributed by atoms with Gasteiger partial charge in [-0.05, 0) is 37.0 Å². The van der Waals surface area contributed by atoms with E-state index in [0.29, 0.717) is 10.8 Å². The average Bonchev–Trinajstić information content (AvgIpc) is 3.10. The molecular weight excluding hydrogens is 324 g/mol. The number of rotatable bonds is 8. The summed E-state index contributed by atoms with van der Waals surface area (Å²) in [6, 6.07) is 7.32. The van der Waals surface area contributed by atoms with E-state index in [1.807, 2.05) is 30.6 Å². The van der Waals surface area contributed by atoms with Crippen molar-refractivity contribution in [2.45, 2.75) is 36.6 Å². The molecule has 7 heteroatoms. The fourth-order valence-corrected chi connectivity index (χ4v) is 5.58. The highest BCUT2D eigenvalue weighted by molar-refractivity contribution is 7.91. The first-order chi connectivity index (χ1) is 10.1. The van der Waals surface area contributed by atoms with E-state index in [2.05, 4.69) is 17.0 Å². The summed E-state index contributed by atoms with van der Waals surface area (Å²) in [6.07, 6.45) is 1.73. The Hall–Kier alpha value is -0.730. The number of hydrogen-bond donors (Lipinski definition) is 2. The number of hydrogen-bond acceptors (Lipinski definition) is 5. The predicted octanol–water partition coefficient (Wildman–Crippen LogP) is 3.35. The van der Waals surface area contributed by atoms with Gasteiger partial charge >= 0.3 is 0 Å². The highest BCUT2D eigenvalue weighted by Crippen LogP contribution is 2.27. The van der Waals surface area contributed by atoms with Gasteiger partial charge in [0, 0.05) is 16.3 Å². The highest BCUT2D eigenvalue weighted by atomic mass is 32.2. The van der Waals surface area contributed by atoms with Crippen LogP contribution in [0.2, 0.25) is 0 Å². The maximum absolute atomic E-state index is 12.5. The molecule has 0 aliphatic heterocycles. The van der Waals surface area contributed by atoms with E-state index >= 15 is 0 Å². The lowest BCUT2D eigenvalue weighted by Gasteiger charge is -2.16. The van der Waals surface area contributed by atoms with Gasteiger partial charge in [-0.25, -0.2) is 13.1 Å². The largest absolute Gasteiger partial charge is 0.315 e. The molecule has 1 unspecified atom stereocenters. The van der Waals surface area contributed by atoms with Gasteiger partial charge in [-0.15, -0.1) is 22.7 Å². The zero-order chi connectivity index (χ0) is 15.3. The molecule has 2 heterocycles. The second kappa shape index (κ2) is 7.51. The van der Waals surface area contributed by atoms with Crippen LogP contribution in [0.3, 0.4) is 0 Å². The smallest absolute Gasteiger partial charge is 0.250 e. The Bertz CT molecular complexity index is 648. The molecule has 0 saturated heterocycles. The number of sulfonamides is 1. The lowest BCUT2D eigenvalue weighted by Crippen LogP contribution is -2.27. The molecule has 1 atom stereocenters. The zero-order valence-corrected chi connectivity index (χ0v) is 14.6. The van der Waals surface area contributed by atoms with E-state index in [9.17, 15) is 8.42 Å². The standard InChI is InChI=1S/C14H20N2O2S3/c1-3-5-12(13-6-4-9-19-13)16-21(17,18)14-8-7-11(20-14)10-15-2/h4,6-9,12,15-16H,3,5,10H2,1-2H3. The fraction of sp³-hybridized carbons (Fsp3) is 0.429. The van der Waals surface area contributed by atoms with E-state index in [1.165, 1.54) is 11.3 Å². The summed E-state index contributed by atoms with van der Waals surface area (Å²) >= 11 is 2.90. The normalized spacial score (nSPS) is 13.4. The molecule has 21 heavy (non-hydrogen) atoms. The topological polar surface area (TPSA) is 58.2 Å². The van der Waals surface area contributed by atoms with Crippen LogP contribution in [-0.2, 0) is 16.6 Å². The van der Waals surface area contributed by atoms with Gasteiger partial charge in [-0.1, -0.05) is 19.4 Å². The van der Waals surface area contributed by atoms with Crippen LogP contribution < -0.4 is 10.0 Å². The van der Waals surface area contributed by atoms with Gasteiger partial charge in [-0.2, -0.15) is 0 Å². The minimum atomic E-state index is -3.46. The summed E-state index contributed by atoms with van der Waals surface area (Å²) in [5.41, 5.74) is 0. The lowest BCUT2D eigenvalue weighted by atomic mass is 10.1. The molecule has 0 spiro atoms. The predicted molar refractivity (Wildman–Crippen MR) is 89.4 cm³/mol. The first-order valence-corrected chi connectivity index (χ1v) is 10.0. The van der Waals surface area contributed by atoms with Crippen LogP contribution in [0.5, 0.6) is 0 Å². The summed E-state index contributed by atoms with van der Waals surface area (Å²) in [6.45, 7) is 2.74. The first-order valence-electron chi connectivity index (χ1n) is 6.86. The lowest BCUT2D eigenvalue weighted by molar-refractivity contribution is 0.542. The second-order valence-electron chi connectivity index (χ2n) is 4.73. The van der Waals surface area contributed by atoms with Gasteiger partial charge < -0.3 is 5.32 Å². The summed E-state index contributed by atoms with van der Waals surface area (Å²) in [4.78, 5) is 2.08. The molecular formula is C14H20N2O2S3. The summed E-state index contributed by atoms with van der Waals surface area (Å²) in [5, 5.41) is 5.00. The summed E-state index contributed by atoms with van der Waals surface area (Å²) in [5.74, 6) is 0. The molecule has 2 N–H and O–H groups in total. The third-order valence-corrected chi connectivity index (χ3v) is 7.05. The van der Waals surface area contributed by atoms with Crippen LogP contribution in [0, 0.1) is 0 Å². The van der Waals surface area contributed by atoms with E-state index in [-0.39, 0.29) is 6.04 Å². The minimum absolute atomic E-state index is 0.144. The summed E-state index contributed by atoms with van der Waals surface area (Å²) in [7, 11) is -1.61. The third kappa shape index (κ3) is 4.37. The van der Waals surface area contributed by atoms with Gasteiger partial charge in [-0.3, -0.25) is 0 Å². The van der Waals surface area contributed by atoms with Gasteiger partial charge in [0.25, 0.3) is 10.0 Å². The van der Waals surface area contributed by atoms with Crippen molar-refractivity contribution in [3.05, 3.63) is 39.4 Å². The Morgan fingerprint density at radius 2 is 2.10 bits per heavy atom. The van der Waals surface area contributed by atoms with Crippen LogP contribution in [0.1, 0.15) is 35.6 Å². The quantitative estimate of drug-likeness (QED) is 0.772. The van der Waals surface area contributed by atoms with Crippen molar-refractivity contribution in [3.63, 3.8) is 0 Å². The molecule has 0 radical (unpaired) electrons. The third-order valence-electron chi connectivity index (χ3n) is 3.01. The Morgan fingerprint density at radius 1 is 1.29 bits per heavy atom. The van der Waals surface area contributed by atoms with Crippen LogP contribution in [0.25, 0.3) is 0 Å². The molecule has 0 amide bonds. The molecule has 0 aliphatic rings. The van der Waals surface area contributed by atoms with Gasteiger partial charge in [0.05, 0.1) is 6.04 Å². The van der Waals surface area contributed by atoms with Gasteiger partial charge in [0.1, 0.15) is 4.21 Å². The average molecular weight is 345 g/mol. The molecule has 116 valence electrons. The van der Waals surface area contributed by atoms with Gasteiger partial charge in [0.15, 0.2) is 0 Å². The van der Waals surface area contributed by atoms with Crippen molar-refractivity contribution in [2.75, 3.05) is 7.05 Å². The zero-order valence-electron chi connectivity index (χ0n) is 12.1. The van der Waals surface area contributed by atoms with E-state index in [4.69, 9.17) is 0 Å². The maximum atomic E-state index is 12.5. The Kier molecular flexibility index (Phi) is 5.95. The molecule has 0 aromatic carbocycles. The van der Waals surface area contributed by atoms with E-state index < -0.39 is 10.0 Å². The SMILES string of the molecule is CCCC(NS(=O)(=O)c1ccc(CNC)s1)c1cccs1. The van der Waals surface area contributed by atoms with Crippen molar-refractivity contribution in [2.24, 2.45) is 0 Å². The van der Waals surface area contributed by atoms with Crippen LogP contribution in [-0.4, -0.2) is 15.5 Å². The van der Waals surface area contributed by atoms with E-state index in [1.54, 1.807) is 17.4 Å². The Balaban J connectivity index is 2.17. The first kappa shape index (κ1) is 16.6. The maximum Gasteiger partial charge on any atom is 0.250 e. The van der Waals surface area contributed by atoms with Crippen LogP contribution in [0.15, 0.2) is 33.9 Å². The van der Waals surface area contributed by atoms with Crippen molar-refractivity contribution < 1.29 is 8.42 Å². The van der Waals surface area contributed by atoms with E-state index in [0.717, 1.165) is 22.6 Å². The van der Waals surface area contributed by atoms with Crippen molar-refractivity contribution >= 4 is 32.7 Å².